The minimum absolute atomic E-state index is 0.142. The van der Waals surface area contributed by atoms with Crippen molar-refractivity contribution in [2.75, 3.05) is 0 Å². The number of hydrogen-bond donors (Lipinski definition) is 2. The molecule has 0 fully saturated rings. The van der Waals surface area contributed by atoms with Crippen LogP contribution in [0.25, 0.3) is 5.82 Å². The molecule has 2 N–H and O–H groups in total. The standard InChI is InChI=1S/C14H19N5O2/c1-4-10(5-2)16-14(21)11-8-15-19(9(11)3)12-6-7-13(20)18-17-12/h6-8,10H,4-5H2,1-3H3,(H,16,21)(H,18,20). The molecule has 2 aromatic rings. The summed E-state index contributed by atoms with van der Waals surface area (Å²) in [4.78, 5) is 23.3. The maximum atomic E-state index is 12.2. The summed E-state index contributed by atoms with van der Waals surface area (Å²) >= 11 is 0. The SMILES string of the molecule is CCC(CC)NC(=O)c1cnn(-c2ccc(=O)[nH]n2)c1C. The number of hydrogen-bond acceptors (Lipinski definition) is 4. The number of carbonyl (C=O) groups is 1. The number of amides is 1. The van der Waals surface area contributed by atoms with Crippen LogP contribution in [0.4, 0.5) is 0 Å². The van der Waals surface area contributed by atoms with E-state index in [0.717, 1.165) is 12.8 Å². The second-order valence-electron chi connectivity index (χ2n) is 4.82. The topological polar surface area (TPSA) is 92.7 Å². The van der Waals surface area contributed by atoms with Crippen molar-refractivity contribution >= 4 is 5.91 Å². The average Bonchev–Trinajstić information content (AvgIpc) is 2.87. The van der Waals surface area contributed by atoms with Crippen molar-refractivity contribution in [1.29, 1.82) is 0 Å². The Morgan fingerprint density at radius 3 is 2.67 bits per heavy atom. The molecule has 0 bridgehead atoms. The molecular weight excluding hydrogens is 270 g/mol. The fraction of sp³-hybridized carbons (Fsp3) is 0.429. The van der Waals surface area contributed by atoms with Gasteiger partial charge in [0.05, 0.1) is 17.5 Å². The Balaban J connectivity index is 2.26. The molecule has 0 unspecified atom stereocenters. The van der Waals surface area contributed by atoms with E-state index in [0.29, 0.717) is 17.1 Å². The van der Waals surface area contributed by atoms with Crippen molar-refractivity contribution in [2.24, 2.45) is 0 Å². The summed E-state index contributed by atoms with van der Waals surface area (Å²) in [5.41, 5.74) is 0.906. The van der Waals surface area contributed by atoms with E-state index in [9.17, 15) is 9.59 Å². The Hall–Kier alpha value is -2.44. The summed E-state index contributed by atoms with van der Waals surface area (Å²) in [6.45, 7) is 5.87. The van der Waals surface area contributed by atoms with E-state index >= 15 is 0 Å². The van der Waals surface area contributed by atoms with Crippen molar-refractivity contribution in [3.05, 3.63) is 39.9 Å². The van der Waals surface area contributed by atoms with Crippen molar-refractivity contribution < 1.29 is 4.79 Å². The Kier molecular flexibility index (Phi) is 4.52. The van der Waals surface area contributed by atoms with Gasteiger partial charge >= 0.3 is 0 Å². The summed E-state index contributed by atoms with van der Waals surface area (Å²) in [5, 5.41) is 13.4. The van der Waals surface area contributed by atoms with E-state index in [1.54, 1.807) is 13.0 Å². The second kappa shape index (κ2) is 6.34. The summed E-state index contributed by atoms with van der Waals surface area (Å²) in [6.07, 6.45) is 3.29. The van der Waals surface area contributed by atoms with E-state index in [1.807, 2.05) is 13.8 Å². The molecular formula is C14H19N5O2. The van der Waals surface area contributed by atoms with Gasteiger partial charge in [0.15, 0.2) is 5.82 Å². The van der Waals surface area contributed by atoms with Crippen LogP contribution in [0.3, 0.4) is 0 Å². The summed E-state index contributed by atoms with van der Waals surface area (Å²) in [6, 6.07) is 3.08. The Morgan fingerprint density at radius 2 is 2.10 bits per heavy atom. The third-order valence-electron chi connectivity index (χ3n) is 3.46. The summed E-state index contributed by atoms with van der Waals surface area (Å²) < 4.78 is 1.53. The molecule has 21 heavy (non-hydrogen) atoms. The van der Waals surface area contributed by atoms with Gasteiger partial charge in [-0.25, -0.2) is 9.78 Å². The van der Waals surface area contributed by atoms with Crippen LogP contribution in [-0.2, 0) is 0 Å². The molecule has 0 aliphatic heterocycles. The maximum Gasteiger partial charge on any atom is 0.264 e. The van der Waals surface area contributed by atoms with E-state index in [1.165, 1.54) is 16.9 Å². The highest BCUT2D eigenvalue weighted by atomic mass is 16.1. The third kappa shape index (κ3) is 3.18. The number of H-pyrrole nitrogens is 1. The predicted octanol–water partition coefficient (Wildman–Crippen LogP) is 1.18. The molecule has 2 heterocycles. The molecule has 0 aliphatic rings. The van der Waals surface area contributed by atoms with Gasteiger partial charge in [0.1, 0.15) is 0 Å². The first-order valence-electron chi connectivity index (χ1n) is 6.98. The number of rotatable bonds is 5. The van der Waals surface area contributed by atoms with Crippen molar-refractivity contribution in [3.63, 3.8) is 0 Å². The van der Waals surface area contributed by atoms with Crippen LogP contribution >= 0.6 is 0 Å². The molecule has 7 nitrogen and oxygen atoms in total. The molecule has 0 radical (unpaired) electrons. The fourth-order valence-corrected chi connectivity index (χ4v) is 2.07. The van der Waals surface area contributed by atoms with Crippen LogP contribution in [-0.4, -0.2) is 31.9 Å². The molecule has 7 heteroatoms. The number of carbonyl (C=O) groups excluding carboxylic acids is 1. The van der Waals surface area contributed by atoms with Crippen molar-refractivity contribution in [2.45, 2.75) is 39.7 Å². The number of aromatic amines is 1. The normalized spacial score (nSPS) is 10.9. The molecule has 0 aromatic carbocycles. The van der Waals surface area contributed by atoms with Crippen molar-refractivity contribution in [3.8, 4) is 5.82 Å². The van der Waals surface area contributed by atoms with Crippen LogP contribution in [0.1, 0.15) is 42.7 Å². The van der Waals surface area contributed by atoms with E-state index < -0.39 is 0 Å². The Morgan fingerprint density at radius 1 is 1.38 bits per heavy atom. The van der Waals surface area contributed by atoms with Crippen LogP contribution in [0, 0.1) is 6.92 Å². The van der Waals surface area contributed by atoms with Crippen LogP contribution in [0.5, 0.6) is 0 Å². The lowest BCUT2D eigenvalue weighted by atomic mass is 10.1. The van der Waals surface area contributed by atoms with Gasteiger partial charge in [0.2, 0.25) is 0 Å². The zero-order chi connectivity index (χ0) is 15.4. The van der Waals surface area contributed by atoms with Crippen molar-refractivity contribution in [1.82, 2.24) is 25.3 Å². The van der Waals surface area contributed by atoms with Crippen LogP contribution in [0.15, 0.2) is 23.1 Å². The highest BCUT2D eigenvalue weighted by molar-refractivity contribution is 5.95. The van der Waals surface area contributed by atoms with Gasteiger partial charge in [-0.15, -0.1) is 0 Å². The average molecular weight is 289 g/mol. The molecule has 0 saturated carbocycles. The van der Waals surface area contributed by atoms with Gasteiger partial charge in [-0.2, -0.15) is 10.2 Å². The molecule has 0 aliphatic carbocycles. The minimum atomic E-state index is -0.282. The zero-order valence-corrected chi connectivity index (χ0v) is 12.4. The first-order valence-corrected chi connectivity index (χ1v) is 6.98. The lowest BCUT2D eigenvalue weighted by molar-refractivity contribution is 0.0934. The molecule has 0 saturated heterocycles. The van der Waals surface area contributed by atoms with Crippen LogP contribution < -0.4 is 10.9 Å². The van der Waals surface area contributed by atoms with Gasteiger partial charge in [-0.1, -0.05) is 13.8 Å². The second-order valence-corrected chi connectivity index (χ2v) is 4.82. The smallest absolute Gasteiger partial charge is 0.264 e. The quantitative estimate of drug-likeness (QED) is 0.864. The summed E-state index contributed by atoms with van der Waals surface area (Å²) in [5.74, 6) is 0.325. The summed E-state index contributed by atoms with van der Waals surface area (Å²) in [7, 11) is 0. The monoisotopic (exact) mass is 289 g/mol. The lowest BCUT2D eigenvalue weighted by Crippen LogP contribution is -2.34. The first-order chi connectivity index (χ1) is 10.1. The zero-order valence-electron chi connectivity index (χ0n) is 12.4. The Labute approximate surface area is 122 Å². The molecule has 112 valence electrons. The maximum absolute atomic E-state index is 12.2. The Bertz CT molecular complexity index is 664. The van der Waals surface area contributed by atoms with Crippen LogP contribution in [0.2, 0.25) is 0 Å². The molecule has 2 aromatic heterocycles. The highest BCUT2D eigenvalue weighted by Crippen LogP contribution is 2.12. The lowest BCUT2D eigenvalue weighted by Gasteiger charge is -2.14. The van der Waals surface area contributed by atoms with E-state index in [-0.39, 0.29) is 17.5 Å². The fourth-order valence-electron chi connectivity index (χ4n) is 2.07. The highest BCUT2D eigenvalue weighted by Gasteiger charge is 2.17. The molecule has 0 spiro atoms. The number of nitrogens with one attached hydrogen (secondary N) is 2. The predicted molar refractivity (Wildman–Crippen MR) is 78.6 cm³/mol. The molecule has 2 rings (SSSR count). The van der Waals surface area contributed by atoms with Gasteiger partial charge < -0.3 is 5.32 Å². The minimum Gasteiger partial charge on any atom is -0.349 e. The van der Waals surface area contributed by atoms with E-state index in [4.69, 9.17) is 0 Å². The first kappa shape index (κ1) is 15.0. The van der Waals surface area contributed by atoms with Gasteiger partial charge in [-0.05, 0) is 25.8 Å². The third-order valence-corrected chi connectivity index (χ3v) is 3.46. The number of aromatic nitrogens is 4. The largest absolute Gasteiger partial charge is 0.349 e. The molecule has 0 atom stereocenters. The van der Waals surface area contributed by atoms with E-state index in [2.05, 4.69) is 20.6 Å². The number of nitrogens with zero attached hydrogens (tertiary/aromatic N) is 3. The van der Waals surface area contributed by atoms with Gasteiger partial charge in [-0.3, -0.25) is 9.59 Å². The van der Waals surface area contributed by atoms with Gasteiger partial charge in [0.25, 0.3) is 11.5 Å². The van der Waals surface area contributed by atoms with Gasteiger partial charge in [0, 0.05) is 12.1 Å². The molecule has 1 amide bonds.